The summed E-state index contributed by atoms with van der Waals surface area (Å²) in [5.74, 6) is 0.832. The van der Waals surface area contributed by atoms with Gasteiger partial charge in [0.15, 0.2) is 5.82 Å². The van der Waals surface area contributed by atoms with Crippen molar-refractivity contribution in [3.63, 3.8) is 0 Å². The summed E-state index contributed by atoms with van der Waals surface area (Å²) in [6, 6.07) is 0.446. The number of rotatable bonds is 6. The fourth-order valence-corrected chi connectivity index (χ4v) is 1.63. The molecule has 6 heteroatoms. The first-order chi connectivity index (χ1) is 8.15. The Morgan fingerprint density at radius 2 is 2.41 bits per heavy atom. The zero-order chi connectivity index (χ0) is 12.3. The molecule has 0 saturated heterocycles. The quantitative estimate of drug-likeness (QED) is 0.628. The minimum atomic E-state index is 0.142. The molecule has 17 heavy (non-hydrogen) atoms. The van der Waals surface area contributed by atoms with Crippen molar-refractivity contribution >= 4 is 17.4 Å². The molecule has 1 saturated carbocycles. The molecule has 0 aromatic carbocycles. The van der Waals surface area contributed by atoms with Gasteiger partial charge in [-0.3, -0.25) is 9.48 Å². The Labute approximate surface area is 101 Å². The fourth-order valence-electron chi connectivity index (χ4n) is 1.63. The van der Waals surface area contributed by atoms with Crippen LogP contribution in [0.15, 0.2) is 6.20 Å². The summed E-state index contributed by atoms with van der Waals surface area (Å²) in [6.07, 6.45) is 5.36. The number of nitrogen functional groups attached to an aromatic ring is 1. The van der Waals surface area contributed by atoms with E-state index < -0.39 is 0 Å². The lowest BCUT2D eigenvalue weighted by Crippen LogP contribution is -2.25. The van der Waals surface area contributed by atoms with Crippen molar-refractivity contribution in [2.45, 2.75) is 31.7 Å². The molecule has 0 radical (unpaired) electrons. The molecule has 1 aromatic heterocycles. The van der Waals surface area contributed by atoms with Gasteiger partial charge in [-0.15, -0.1) is 0 Å². The number of nitrogens with two attached hydrogens (primary N) is 1. The lowest BCUT2D eigenvalue weighted by atomic mass is 10.3. The highest BCUT2D eigenvalue weighted by atomic mass is 16.1. The Hall–Kier alpha value is -1.72. The smallest absolute Gasteiger partial charge is 0.220 e. The van der Waals surface area contributed by atoms with Crippen LogP contribution in [0.5, 0.6) is 0 Å². The van der Waals surface area contributed by atoms with E-state index in [1.54, 1.807) is 10.9 Å². The van der Waals surface area contributed by atoms with E-state index in [0.717, 1.165) is 19.3 Å². The molecule has 1 aromatic rings. The second kappa shape index (κ2) is 5.07. The Balaban J connectivity index is 1.62. The molecule has 0 bridgehead atoms. The van der Waals surface area contributed by atoms with E-state index in [1.165, 1.54) is 0 Å². The van der Waals surface area contributed by atoms with Crippen molar-refractivity contribution in [1.29, 1.82) is 0 Å². The van der Waals surface area contributed by atoms with Gasteiger partial charge in [0.1, 0.15) is 0 Å². The molecule has 2 rings (SSSR count). The van der Waals surface area contributed by atoms with Crippen LogP contribution < -0.4 is 16.4 Å². The van der Waals surface area contributed by atoms with Crippen LogP contribution in [0.25, 0.3) is 0 Å². The van der Waals surface area contributed by atoms with Gasteiger partial charge in [0.25, 0.3) is 0 Å². The molecule has 0 aliphatic heterocycles. The van der Waals surface area contributed by atoms with Crippen LogP contribution in [0, 0.1) is 0 Å². The van der Waals surface area contributed by atoms with Crippen molar-refractivity contribution in [1.82, 2.24) is 15.1 Å². The second-order valence-electron chi connectivity index (χ2n) is 4.48. The number of nitrogens with zero attached hydrogens (tertiary/aromatic N) is 2. The summed E-state index contributed by atoms with van der Waals surface area (Å²) in [7, 11) is 1.82. The summed E-state index contributed by atoms with van der Waals surface area (Å²) in [6.45, 7) is 0.708. The zero-order valence-electron chi connectivity index (χ0n) is 10.1. The Bertz CT molecular complexity index is 397. The summed E-state index contributed by atoms with van der Waals surface area (Å²) < 4.78 is 1.66. The van der Waals surface area contributed by atoms with Crippen molar-refractivity contribution in [2.24, 2.45) is 7.05 Å². The molecule has 1 aliphatic rings. The molecule has 0 unspecified atom stereocenters. The molecule has 0 atom stereocenters. The van der Waals surface area contributed by atoms with Crippen LogP contribution in [-0.2, 0) is 11.8 Å². The number of nitrogens with one attached hydrogen (secondary N) is 2. The Morgan fingerprint density at radius 3 is 3.00 bits per heavy atom. The topological polar surface area (TPSA) is 85.0 Å². The van der Waals surface area contributed by atoms with Gasteiger partial charge in [0.2, 0.25) is 5.91 Å². The van der Waals surface area contributed by atoms with Crippen molar-refractivity contribution in [3.8, 4) is 0 Å². The molecular weight excluding hydrogens is 218 g/mol. The van der Waals surface area contributed by atoms with Gasteiger partial charge in [-0.2, -0.15) is 5.10 Å². The predicted molar refractivity (Wildman–Crippen MR) is 66.5 cm³/mol. The third-order valence-corrected chi connectivity index (χ3v) is 2.67. The zero-order valence-corrected chi connectivity index (χ0v) is 10.1. The summed E-state index contributed by atoms with van der Waals surface area (Å²) in [5.41, 5.74) is 6.37. The first kappa shape index (κ1) is 11.8. The van der Waals surface area contributed by atoms with E-state index in [2.05, 4.69) is 15.7 Å². The van der Waals surface area contributed by atoms with Crippen LogP contribution >= 0.6 is 0 Å². The summed E-state index contributed by atoms with van der Waals surface area (Å²) in [5, 5.41) is 10.2. The van der Waals surface area contributed by atoms with Crippen molar-refractivity contribution < 1.29 is 4.79 Å². The lowest BCUT2D eigenvalue weighted by molar-refractivity contribution is -0.121. The number of carbonyl (C=O) groups is 1. The second-order valence-corrected chi connectivity index (χ2v) is 4.48. The largest absolute Gasteiger partial charge is 0.394 e. The van der Waals surface area contributed by atoms with Crippen molar-refractivity contribution in [2.75, 3.05) is 17.6 Å². The van der Waals surface area contributed by atoms with Crippen LogP contribution in [0.3, 0.4) is 0 Å². The van der Waals surface area contributed by atoms with E-state index in [9.17, 15) is 4.79 Å². The number of aromatic nitrogens is 2. The van der Waals surface area contributed by atoms with E-state index in [0.29, 0.717) is 30.5 Å². The van der Waals surface area contributed by atoms with Crippen LogP contribution in [0.1, 0.15) is 25.7 Å². The molecule has 4 N–H and O–H groups in total. The average molecular weight is 237 g/mol. The number of aryl methyl sites for hydroxylation is 1. The summed E-state index contributed by atoms with van der Waals surface area (Å²) in [4.78, 5) is 11.4. The first-order valence-electron chi connectivity index (χ1n) is 5.97. The highest BCUT2D eigenvalue weighted by molar-refractivity contribution is 5.76. The maximum Gasteiger partial charge on any atom is 0.220 e. The van der Waals surface area contributed by atoms with Gasteiger partial charge in [-0.25, -0.2) is 0 Å². The lowest BCUT2D eigenvalue weighted by Gasteiger charge is -2.04. The number of amides is 1. The monoisotopic (exact) mass is 237 g/mol. The van der Waals surface area contributed by atoms with Crippen LogP contribution in [-0.4, -0.2) is 28.3 Å². The van der Waals surface area contributed by atoms with Crippen LogP contribution in [0.2, 0.25) is 0 Å². The fraction of sp³-hybridized carbons (Fsp3) is 0.636. The normalized spacial score (nSPS) is 14.6. The average Bonchev–Trinajstić information content (AvgIpc) is 3.00. The van der Waals surface area contributed by atoms with Gasteiger partial charge in [0, 0.05) is 32.3 Å². The van der Waals surface area contributed by atoms with E-state index in [4.69, 9.17) is 5.73 Å². The van der Waals surface area contributed by atoms with Gasteiger partial charge in [0.05, 0.1) is 5.69 Å². The number of hydrogen-bond donors (Lipinski definition) is 3. The highest BCUT2D eigenvalue weighted by Gasteiger charge is 2.22. The Morgan fingerprint density at radius 1 is 1.65 bits per heavy atom. The first-order valence-corrected chi connectivity index (χ1v) is 5.97. The van der Waals surface area contributed by atoms with Gasteiger partial charge < -0.3 is 16.4 Å². The van der Waals surface area contributed by atoms with Gasteiger partial charge in [-0.05, 0) is 19.3 Å². The predicted octanol–water partition coefficient (Wildman–Crippen LogP) is 0.473. The SMILES string of the molecule is Cn1cc(N)c(NCCCC(=O)NC2CC2)n1. The molecule has 94 valence electrons. The number of hydrogen-bond acceptors (Lipinski definition) is 4. The Kier molecular flexibility index (Phi) is 3.51. The van der Waals surface area contributed by atoms with E-state index in [-0.39, 0.29) is 5.91 Å². The van der Waals surface area contributed by atoms with Gasteiger partial charge >= 0.3 is 0 Å². The molecule has 6 nitrogen and oxygen atoms in total. The van der Waals surface area contributed by atoms with Crippen molar-refractivity contribution in [3.05, 3.63) is 6.20 Å². The van der Waals surface area contributed by atoms with Crippen LogP contribution in [0.4, 0.5) is 11.5 Å². The minimum Gasteiger partial charge on any atom is -0.394 e. The van der Waals surface area contributed by atoms with E-state index >= 15 is 0 Å². The summed E-state index contributed by atoms with van der Waals surface area (Å²) >= 11 is 0. The molecule has 0 spiro atoms. The number of anilines is 2. The molecule has 1 amide bonds. The van der Waals surface area contributed by atoms with E-state index in [1.807, 2.05) is 7.05 Å². The molecule has 1 fully saturated rings. The molecule has 1 aliphatic carbocycles. The maximum atomic E-state index is 11.4. The molecular formula is C11H19N5O. The maximum absolute atomic E-state index is 11.4. The highest BCUT2D eigenvalue weighted by Crippen LogP contribution is 2.18. The number of carbonyl (C=O) groups excluding carboxylic acids is 1. The third-order valence-electron chi connectivity index (χ3n) is 2.67. The standard InChI is InChI=1S/C11H19N5O/c1-16-7-9(12)11(15-16)13-6-2-3-10(17)14-8-4-5-8/h7-8H,2-6,12H2,1H3,(H,13,15)(H,14,17). The minimum absolute atomic E-state index is 0.142. The van der Waals surface area contributed by atoms with Gasteiger partial charge in [-0.1, -0.05) is 0 Å². The third kappa shape index (κ3) is 3.65. The molecule has 1 heterocycles.